The summed E-state index contributed by atoms with van der Waals surface area (Å²) in [4.78, 5) is 38.1. The number of ether oxygens (including phenoxy) is 1. The summed E-state index contributed by atoms with van der Waals surface area (Å²) in [6, 6.07) is 13.2. The first kappa shape index (κ1) is 29.8. The van der Waals surface area contributed by atoms with Crippen LogP contribution in [0, 0.1) is 23.1 Å². The number of hydrogen-bond acceptors (Lipinski definition) is 6. The van der Waals surface area contributed by atoms with Crippen LogP contribution in [0.4, 0.5) is 17.6 Å². The lowest BCUT2D eigenvalue weighted by Gasteiger charge is -2.34. The van der Waals surface area contributed by atoms with Gasteiger partial charge in [0, 0.05) is 26.0 Å². The molecule has 0 radical (unpaired) electrons. The summed E-state index contributed by atoms with van der Waals surface area (Å²) < 4.78 is 60.9. The molecular formula is C31H27F4N5O3. The number of hydrogen-bond donors (Lipinski definition) is 0. The number of aromatic nitrogens is 3. The van der Waals surface area contributed by atoms with E-state index >= 15 is 0 Å². The predicted molar refractivity (Wildman–Crippen MR) is 149 cm³/mol. The molecule has 2 aromatic heterocycles. The highest BCUT2D eigenvalue weighted by Gasteiger charge is 2.35. The van der Waals surface area contributed by atoms with Gasteiger partial charge in [-0.2, -0.15) is 18.4 Å². The van der Waals surface area contributed by atoms with E-state index in [0.29, 0.717) is 49.4 Å². The van der Waals surface area contributed by atoms with Gasteiger partial charge in [0.15, 0.2) is 5.65 Å². The number of nitriles is 1. The summed E-state index contributed by atoms with van der Waals surface area (Å²) >= 11 is 0. The molecule has 0 saturated carbocycles. The number of fused-ring (bicyclic) bond motifs is 1. The van der Waals surface area contributed by atoms with E-state index in [1.807, 2.05) is 6.07 Å². The van der Waals surface area contributed by atoms with Crippen molar-refractivity contribution in [1.82, 2.24) is 19.4 Å². The fraction of sp³-hybridized carbons (Fsp3) is 0.323. The average Bonchev–Trinajstić information content (AvgIpc) is 3.00. The van der Waals surface area contributed by atoms with Gasteiger partial charge >= 0.3 is 6.18 Å². The van der Waals surface area contributed by atoms with Crippen LogP contribution >= 0.6 is 0 Å². The van der Waals surface area contributed by atoms with Crippen molar-refractivity contribution in [3.8, 4) is 11.8 Å². The number of rotatable bonds is 7. The predicted octanol–water partition coefficient (Wildman–Crippen LogP) is 5.37. The van der Waals surface area contributed by atoms with Gasteiger partial charge in [-0.05, 0) is 79.8 Å². The van der Waals surface area contributed by atoms with Crippen molar-refractivity contribution >= 4 is 16.9 Å². The fourth-order valence-electron chi connectivity index (χ4n) is 5.25. The molecule has 0 aliphatic carbocycles. The lowest BCUT2D eigenvalue weighted by Crippen LogP contribution is -2.42. The highest BCUT2D eigenvalue weighted by atomic mass is 19.4. The first-order valence-electron chi connectivity index (χ1n) is 13.7. The standard InChI is InChI=1S/C31H27F4N5O3/c1-19(29-38-28-24(3-2-12-37-28)30(42)40(29)23-7-4-20(17-36)5-8-23)39(18-21-10-13-43-14-11-21)27(41)16-22-6-9-26(32)25(15-22)31(33,34)35/h2-9,12,15,19,21H,10-11,13-14,16,18H2,1H3/t19-/m1/s1. The number of carbonyl (C=O) groups excluding carboxylic acids is 1. The fourth-order valence-corrected chi connectivity index (χ4v) is 5.25. The molecule has 8 nitrogen and oxygen atoms in total. The van der Waals surface area contributed by atoms with Gasteiger partial charge in [0.05, 0.1) is 40.7 Å². The quantitative estimate of drug-likeness (QED) is 0.267. The van der Waals surface area contributed by atoms with Gasteiger partial charge in [-0.15, -0.1) is 0 Å². The maximum atomic E-state index is 13.9. The zero-order valence-corrected chi connectivity index (χ0v) is 23.1. The van der Waals surface area contributed by atoms with Crippen LogP contribution < -0.4 is 5.56 Å². The van der Waals surface area contributed by atoms with Crippen LogP contribution in [0.2, 0.25) is 0 Å². The first-order chi connectivity index (χ1) is 20.6. The molecule has 1 aliphatic heterocycles. The van der Waals surface area contributed by atoms with Gasteiger partial charge < -0.3 is 9.64 Å². The van der Waals surface area contributed by atoms with E-state index in [-0.39, 0.29) is 34.9 Å². The van der Waals surface area contributed by atoms with Crippen LogP contribution in [0.25, 0.3) is 16.7 Å². The number of halogens is 4. The molecule has 12 heteroatoms. The molecular weight excluding hydrogens is 566 g/mol. The maximum Gasteiger partial charge on any atom is 0.419 e. The Bertz CT molecular complexity index is 1740. The van der Waals surface area contributed by atoms with E-state index in [2.05, 4.69) is 9.97 Å². The summed E-state index contributed by atoms with van der Waals surface area (Å²) in [5, 5.41) is 9.50. The number of pyridine rings is 1. The largest absolute Gasteiger partial charge is 0.419 e. The molecule has 2 aromatic carbocycles. The molecule has 0 bridgehead atoms. The highest BCUT2D eigenvalue weighted by Crippen LogP contribution is 2.33. The van der Waals surface area contributed by atoms with Crippen molar-refractivity contribution in [2.75, 3.05) is 19.8 Å². The molecule has 0 N–H and O–H groups in total. The van der Waals surface area contributed by atoms with E-state index < -0.39 is 41.5 Å². The third kappa shape index (κ3) is 6.41. The van der Waals surface area contributed by atoms with Crippen LogP contribution in [-0.4, -0.2) is 45.1 Å². The Hall–Kier alpha value is -4.63. The lowest BCUT2D eigenvalue weighted by atomic mass is 9.98. The number of alkyl halides is 3. The normalized spacial score (nSPS) is 14.8. The molecule has 222 valence electrons. The first-order valence-corrected chi connectivity index (χ1v) is 13.7. The van der Waals surface area contributed by atoms with Crippen molar-refractivity contribution in [2.45, 2.75) is 38.4 Å². The van der Waals surface area contributed by atoms with Gasteiger partial charge in [0.1, 0.15) is 11.6 Å². The number of benzene rings is 2. The smallest absolute Gasteiger partial charge is 0.381 e. The van der Waals surface area contributed by atoms with E-state index in [1.165, 1.54) is 15.7 Å². The van der Waals surface area contributed by atoms with Gasteiger partial charge in [-0.25, -0.2) is 14.4 Å². The average molecular weight is 594 g/mol. The van der Waals surface area contributed by atoms with E-state index in [4.69, 9.17) is 4.74 Å². The Morgan fingerprint density at radius 2 is 1.88 bits per heavy atom. The Morgan fingerprint density at radius 1 is 1.16 bits per heavy atom. The van der Waals surface area contributed by atoms with Gasteiger partial charge in [0.2, 0.25) is 5.91 Å². The molecule has 0 unspecified atom stereocenters. The molecule has 1 fully saturated rings. The van der Waals surface area contributed by atoms with Crippen LogP contribution in [0.15, 0.2) is 65.6 Å². The topological polar surface area (TPSA) is 101 Å². The summed E-state index contributed by atoms with van der Waals surface area (Å²) in [7, 11) is 0. The van der Waals surface area contributed by atoms with Crippen LogP contribution in [0.3, 0.4) is 0 Å². The van der Waals surface area contributed by atoms with Gasteiger partial charge in [-0.1, -0.05) is 6.07 Å². The van der Waals surface area contributed by atoms with Crippen LogP contribution in [0.1, 0.15) is 48.3 Å². The second kappa shape index (κ2) is 12.3. The Kier molecular flexibility index (Phi) is 8.54. The van der Waals surface area contributed by atoms with Gasteiger partial charge in [-0.3, -0.25) is 14.2 Å². The monoisotopic (exact) mass is 593 g/mol. The van der Waals surface area contributed by atoms with E-state index in [1.54, 1.807) is 43.3 Å². The summed E-state index contributed by atoms with van der Waals surface area (Å²) in [5.74, 6) is -1.71. The molecule has 4 aromatic rings. The Labute approximate surface area is 244 Å². The molecule has 0 spiro atoms. The molecule has 43 heavy (non-hydrogen) atoms. The molecule has 1 saturated heterocycles. The number of nitrogens with zero attached hydrogens (tertiary/aromatic N) is 5. The van der Waals surface area contributed by atoms with Crippen molar-refractivity contribution in [2.24, 2.45) is 5.92 Å². The molecule has 1 amide bonds. The highest BCUT2D eigenvalue weighted by molar-refractivity contribution is 5.79. The third-order valence-corrected chi connectivity index (χ3v) is 7.57. The van der Waals surface area contributed by atoms with E-state index in [9.17, 15) is 32.4 Å². The lowest BCUT2D eigenvalue weighted by molar-refractivity contribution is -0.140. The SMILES string of the molecule is C[C@H](c1nc2ncccc2c(=O)n1-c1ccc(C#N)cc1)N(CC1CCOCC1)C(=O)Cc1ccc(F)c(C(F)(F)F)c1. The number of amides is 1. The van der Waals surface area contributed by atoms with Crippen LogP contribution in [0.5, 0.6) is 0 Å². The van der Waals surface area contributed by atoms with Crippen molar-refractivity contribution in [1.29, 1.82) is 5.26 Å². The maximum absolute atomic E-state index is 13.9. The second-order valence-corrected chi connectivity index (χ2v) is 10.4. The summed E-state index contributed by atoms with van der Waals surface area (Å²) in [5.41, 5.74) is -0.909. The molecule has 1 aliphatic rings. The minimum Gasteiger partial charge on any atom is -0.381 e. The Balaban J connectivity index is 1.60. The summed E-state index contributed by atoms with van der Waals surface area (Å²) in [6.07, 6.45) is -2.52. The zero-order valence-electron chi connectivity index (χ0n) is 23.1. The zero-order chi connectivity index (χ0) is 30.7. The molecule has 3 heterocycles. The van der Waals surface area contributed by atoms with Crippen molar-refractivity contribution < 1.29 is 27.1 Å². The Morgan fingerprint density at radius 3 is 2.56 bits per heavy atom. The van der Waals surface area contributed by atoms with Crippen molar-refractivity contribution in [3.63, 3.8) is 0 Å². The van der Waals surface area contributed by atoms with E-state index in [0.717, 1.165) is 6.07 Å². The third-order valence-electron chi connectivity index (χ3n) is 7.57. The molecule has 1 atom stereocenters. The minimum absolute atomic E-state index is 0.000484. The van der Waals surface area contributed by atoms with Crippen molar-refractivity contribution in [3.05, 3.63) is 99.5 Å². The summed E-state index contributed by atoms with van der Waals surface area (Å²) in [6.45, 7) is 2.93. The number of carbonyl (C=O) groups is 1. The van der Waals surface area contributed by atoms with Gasteiger partial charge in [0.25, 0.3) is 5.56 Å². The second-order valence-electron chi connectivity index (χ2n) is 10.4. The van der Waals surface area contributed by atoms with Crippen LogP contribution in [-0.2, 0) is 22.1 Å². The molecule has 5 rings (SSSR count). The minimum atomic E-state index is -4.92.